The Labute approximate surface area is 132 Å². The summed E-state index contributed by atoms with van der Waals surface area (Å²) in [7, 11) is 0. The molecule has 0 N–H and O–H groups in total. The van der Waals surface area contributed by atoms with Crippen LogP contribution in [0.1, 0.15) is 21.5 Å². The first-order valence-corrected chi connectivity index (χ1v) is 7.28. The van der Waals surface area contributed by atoms with Gasteiger partial charge in [0.1, 0.15) is 0 Å². The number of allylic oxidation sites excluding steroid dienone is 1. The molecule has 0 aromatic heterocycles. The van der Waals surface area contributed by atoms with Gasteiger partial charge in [-0.1, -0.05) is 53.8 Å². The highest BCUT2D eigenvalue weighted by molar-refractivity contribution is 6.39. The Bertz CT molecular complexity index is 953. The largest absolute Gasteiger partial charge is 0.872 e. The van der Waals surface area contributed by atoms with Crippen LogP contribution < -0.4 is 5.11 Å². The van der Waals surface area contributed by atoms with Crippen LogP contribution in [0.3, 0.4) is 0 Å². The molecule has 0 amide bonds. The molecule has 0 atom stereocenters. The summed E-state index contributed by atoms with van der Waals surface area (Å²) in [4.78, 5) is 12.6. The van der Waals surface area contributed by atoms with Gasteiger partial charge in [-0.3, -0.25) is 4.79 Å². The normalized spacial score (nSPS) is 13.8. The maximum absolute atomic E-state index is 12.6. The van der Waals surface area contributed by atoms with Crippen LogP contribution in [0.4, 0.5) is 0 Å². The fraction of sp³-hybridized carbons (Fsp3) is 0. The Morgan fingerprint density at radius 2 is 1.41 bits per heavy atom. The van der Waals surface area contributed by atoms with E-state index in [0.717, 1.165) is 10.8 Å². The number of ketones is 1. The van der Waals surface area contributed by atoms with Gasteiger partial charge in [-0.05, 0) is 46.2 Å². The van der Waals surface area contributed by atoms with Crippen molar-refractivity contribution in [3.8, 4) is 0 Å². The van der Waals surface area contributed by atoms with Crippen LogP contribution in [0.2, 0.25) is 5.02 Å². The Morgan fingerprint density at radius 3 is 2.05 bits per heavy atom. The first-order valence-electron chi connectivity index (χ1n) is 6.90. The van der Waals surface area contributed by atoms with Crippen LogP contribution in [-0.2, 0) is 0 Å². The van der Waals surface area contributed by atoms with Gasteiger partial charge in [-0.25, -0.2) is 0 Å². The van der Waals surface area contributed by atoms with E-state index in [2.05, 4.69) is 0 Å². The Morgan fingerprint density at radius 1 is 0.818 bits per heavy atom. The average Bonchev–Trinajstić information content (AvgIpc) is 2.78. The fourth-order valence-corrected chi connectivity index (χ4v) is 2.99. The molecule has 0 heterocycles. The van der Waals surface area contributed by atoms with Crippen LogP contribution in [-0.4, -0.2) is 5.78 Å². The summed E-state index contributed by atoms with van der Waals surface area (Å²) in [5, 5.41) is 15.1. The number of fused-ring (bicyclic) bond motifs is 2. The molecule has 0 aliphatic heterocycles. The molecule has 3 aromatic rings. The lowest BCUT2D eigenvalue weighted by atomic mass is 10.00. The lowest BCUT2D eigenvalue weighted by Crippen LogP contribution is -2.03. The molecular formula is C19H10ClO2-. The van der Waals surface area contributed by atoms with Gasteiger partial charge in [0.15, 0.2) is 5.78 Å². The van der Waals surface area contributed by atoms with E-state index in [-0.39, 0.29) is 17.1 Å². The standard InChI is InChI=1S/C19H11ClO2/c20-14-7-5-11(6-8-14)17-18(21)15-9-12-3-1-2-4-13(12)10-16(15)19(17)22/h1-10,21H/p-1. The van der Waals surface area contributed by atoms with E-state index in [9.17, 15) is 9.90 Å². The van der Waals surface area contributed by atoms with E-state index >= 15 is 0 Å². The first-order chi connectivity index (χ1) is 10.6. The Balaban J connectivity index is 1.94. The first kappa shape index (κ1) is 13.1. The second kappa shape index (κ2) is 4.72. The smallest absolute Gasteiger partial charge is 0.193 e. The third kappa shape index (κ3) is 1.85. The number of carbonyl (C=O) groups excluding carboxylic acids is 1. The molecule has 1 aliphatic carbocycles. The SMILES string of the molecule is O=C1C(c2ccc(Cl)cc2)=C([O-])c2cc3ccccc3cc21. The summed E-state index contributed by atoms with van der Waals surface area (Å²) < 4.78 is 0. The number of hydrogen-bond donors (Lipinski definition) is 0. The molecular weight excluding hydrogens is 296 g/mol. The van der Waals surface area contributed by atoms with Gasteiger partial charge in [-0.15, -0.1) is 0 Å². The maximum atomic E-state index is 12.6. The van der Waals surface area contributed by atoms with Crippen molar-refractivity contribution >= 4 is 39.5 Å². The minimum atomic E-state index is -0.215. The van der Waals surface area contributed by atoms with E-state index < -0.39 is 0 Å². The second-order valence-corrected chi connectivity index (χ2v) is 5.72. The predicted octanol–water partition coefficient (Wildman–Crippen LogP) is 3.92. The zero-order valence-electron chi connectivity index (χ0n) is 11.5. The second-order valence-electron chi connectivity index (χ2n) is 5.29. The summed E-state index contributed by atoms with van der Waals surface area (Å²) in [6.45, 7) is 0. The van der Waals surface area contributed by atoms with Gasteiger partial charge in [-0.2, -0.15) is 0 Å². The number of benzene rings is 3. The molecule has 0 bridgehead atoms. The van der Waals surface area contributed by atoms with Crippen LogP contribution in [0.15, 0.2) is 60.7 Å². The molecule has 22 heavy (non-hydrogen) atoms. The number of rotatable bonds is 1. The van der Waals surface area contributed by atoms with Crippen molar-refractivity contribution in [2.75, 3.05) is 0 Å². The van der Waals surface area contributed by atoms with Crippen LogP contribution in [0.5, 0.6) is 0 Å². The minimum Gasteiger partial charge on any atom is -0.872 e. The molecule has 1 aliphatic rings. The van der Waals surface area contributed by atoms with Crippen molar-refractivity contribution in [2.45, 2.75) is 0 Å². The lowest BCUT2D eigenvalue weighted by Gasteiger charge is -2.12. The topological polar surface area (TPSA) is 40.1 Å². The van der Waals surface area contributed by atoms with E-state index in [1.54, 1.807) is 36.4 Å². The summed E-state index contributed by atoms with van der Waals surface area (Å²) in [6, 6.07) is 18.1. The highest BCUT2D eigenvalue weighted by Crippen LogP contribution is 2.37. The van der Waals surface area contributed by atoms with Crippen molar-refractivity contribution in [2.24, 2.45) is 0 Å². The minimum absolute atomic E-state index is 0.215. The van der Waals surface area contributed by atoms with E-state index in [0.29, 0.717) is 21.7 Å². The highest BCUT2D eigenvalue weighted by atomic mass is 35.5. The summed E-state index contributed by atoms with van der Waals surface area (Å²) in [6.07, 6.45) is 0. The third-order valence-corrected chi connectivity index (χ3v) is 4.21. The van der Waals surface area contributed by atoms with Crippen LogP contribution in [0, 0.1) is 0 Å². The summed E-state index contributed by atoms with van der Waals surface area (Å²) in [5.74, 6) is -0.429. The molecule has 106 valence electrons. The highest BCUT2D eigenvalue weighted by Gasteiger charge is 2.26. The molecule has 0 saturated heterocycles. The number of hydrogen-bond acceptors (Lipinski definition) is 2. The van der Waals surface area contributed by atoms with Crippen molar-refractivity contribution in [3.05, 3.63) is 82.4 Å². The van der Waals surface area contributed by atoms with Crippen LogP contribution in [0.25, 0.3) is 22.1 Å². The molecule has 0 spiro atoms. The van der Waals surface area contributed by atoms with Crippen LogP contribution >= 0.6 is 11.6 Å². The quantitative estimate of drug-likeness (QED) is 0.683. The molecule has 3 heteroatoms. The third-order valence-electron chi connectivity index (χ3n) is 3.96. The molecule has 2 nitrogen and oxygen atoms in total. The average molecular weight is 306 g/mol. The maximum Gasteiger partial charge on any atom is 0.193 e. The van der Waals surface area contributed by atoms with E-state index in [4.69, 9.17) is 11.6 Å². The molecule has 0 unspecified atom stereocenters. The molecule has 0 radical (unpaired) electrons. The van der Waals surface area contributed by atoms with Crippen molar-refractivity contribution in [1.82, 2.24) is 0 Å². The van der Waals surface area contributed by atoms with Gasteiger partial charge in [0, 0.05) is 16.2 Å². The van der Waals surface area contributed by atoms with Gasteiger partial charge in [0.2, 0.25) is 0 Å². The van der Waals surface area contributed by atoms with E-state index in [1.807, 2.05) is 24.3 Å². The van der Waals surface area contributed by atoms with Gasteiger partial charge >= 0.3 is 0 Å². The molecule has 0 saturated carbocycles. The number of carbonyl (C=O) groups is 1. The number of halogens is 1. The summed E-state index contributed by atoms with van der Waals surface area (Å²) >= 11 is 5.87. The van der Waals surface area contributed by atoms with Gasteiger partial charge in [0.25, 0.3) is 0 Å². The zero-order valence-corrected chi connectivity index (χ0v) is 12.2. The van der Waals surface area contributed by atoms with Crippen molar-refractivity contribution in [1.29, 1.82) is 0 Å². The molecule has 3 aromatic carbocycles. The van der Waals surface area contributed by atoms with E-state index in [1.165, 1.54) is 0 Å². The predicted molar refractivity (Wildman–Crippen MR) is 86.5 cm³/mol. The van der Waals surface area contributed by atoms with Crippen molar-refractivity contribution < 1.29 is 9.90 Å². The number of Topliss-reactive ketones (excluding diaryl/α,β-unsaturated/α-hetero) is 1. The molecule has 4 rings (SSSR count). The zero-order chi connectivity index (χ0) is 15.3. The fourth-order valence-electron chi connectivity index (χ4n) is 2.87. The van der Waals surface area contributed by atoms with Gasteiger partial charge < -0.3 is 5.11 Å². The van der Waals surface area contributed by atoms with Crippen molar-refractivity contribution in [3.63, 3.8) is 0 Å². The molecule has 0 fully saturated rings. The lowest BCUT2D eigenvalue weighted by molar-refractivity contribution is -0.242. The Hall–Kier alpha value is -2.58. The van der Waals surface area contributed by atoms with Gasteiger partial charge in [0.05, 0.1) is 0 Å². The monoisotopic (exact) mass is 305 g/mol. The summed E-state index contributed by atoms with van der Waals surface area (Å²) in [5.41, 5.74) is 1.80. The Kier molecular flexibility index (Phi) is 2.81.